The van der Waals surface area contributed by atoms with Crippen LogP contribution in [0.1, 0.15) is 112 Å². The minimum absolute atomic E-state index is 0.541. The zero-order valence-corrected chi connectivity index (χ0v) is 29.4. The number of rotatable bonds is 4. The molecule has 0 saturated heterocycles. The minimum atomic E-state index is 0.541. The maximum atomic E-state index is 5.20. The number of hydrogen-bond acceptors (Lipinski definition) is 6. The van der Waals surface area contributed by atoms with Gasteiger partial charge in [0.2, 0.25) is 0 Å². The molecule has 48 heavy (non-hydrogen) atoms. The van der Waals surface area contributed by atoms with Crippen molar-refractivity contribution in [3.63, 3.8) is 0 Å². The third kappa shape index (κ3) is 8.68. The molecule has 6 heteroatoms. The molecule has 0 N–H and O–H groups in total. The molecule has 7 aromatic rings. The van der Waals surface area contributed by atoms with Gasteiger partial charge in [-0.1, -0.05) is 104 Å². The molecule has 3 heterocycles. The minimum Gasteiger partial charge on any atom is -0.443 e. The fraction of sp³-hybridized carbons (Fsp3) is 0.310. The van der Waals surface area contributed by atoms with Gasteiger partial charge in [-0.25, -0.2) is 15.0 Å². The molecular formula is C42H47N3O3. The van der Waals surface area contributed by atoms with Gasteiger partial charge >= 0.3 is 0 Å². The number of nitrogens with zero attached hydrogens (tertiary/aromatic N) is 3. The normalized spacial score (nSPS) is 11.9. The molecule has 0 fully saturated rings. The molecule has 1 aliphatic rings. The van der Waals surface area contributed by atoms with E-state index in [1.165, 1.54) is 52.6 Å². The van der Waals surface area contributed by atoms with Crippen LogP contribution in [0.4, 0.5) is 0 Å². The summed E-state index contributed by atoms with van der Waals surface area (Å²) >= 11 is 0. The first-order valence-corrected chi connectivity index (χ1v) is 16.9. The molecule has 0 radical (unpaired) electrons. The number of benzene rings is 4. The molecule has 0 aliphatic heterocycles. The number of aromatic nitrogens is 3. The zero-order valence-electron chi connectivity index (χ0n) is 29.4. The first-order chi connectivity index (χ1) is 23.1. The second kappa shape index (κ2) is 15.7. The maximum absolute atomic E-state index is 5.20. The van der Waals surface area contributed by atoms with Crippen molar-refractivity contribution in [3.8, 4) is 0 Å². The molecule has 0 unspecified atom stereocenters. The number of allylic oxidation sites excluding steroid dienone is 1. The fourth-order valence-electron chi connectivity index (χ4n) is 5.32. The summed E-state index contributed by atoms with van der Waals surface area (Å²) in [5.74, 6) is 2.27. The molecule has 1 aliphatic carbocycles. The lowest BCUT2D eigenvalue weighted by Crippen LogP contribution is -1.89. The monoisotopic (exact) mass is 641 g/mol. The molecule has 0 spiro atoms. The quantitative estimate of drug-likeness (QED) is 0.190. The van der Waals surface area contributed by atoms with Crippen molar-refractivity contribution in [1.82, 2.24) is 15.0 Å². The summed E-state index contributed by atoms with van der Waals surface area (Å²) in [5, 5.41) is 0. The van der Waals surface area contributed by atoms with E-state index < -0.39 is 0 Å². The van der Waals surface area contributed by atoms with Crippen molar-refractivity contribution < 1.29 is 13.3 Å². The third-order valence-electron chi connectivity index (χ3n) is 8.54. The molecule has 248 valence electrons. The van der Waals surface area contributed by atoms with Gasteiger partial charge < -0.3 is 13.3 Å². The number of fused-ring (bicyclic) bond motifs is 4. The Kier molecular flexibility index (Phi) is 11.3. The average molecular weight is 642 g/mol. The van der Waals surface area contributed by atoms with E-state index >= 15 is 0 Å². The maximum Gasteiger partial charge on any atom is 0.181 e. The molecule has 4 aromatic carbocycles. The largest absolute Gasteiger partial charge is 0.443 e. The van der Waals surface area contributed by atoms with Crippen LogP contribution in [-0.4, -0.2) is 15.0 Å². The van der Waals surface area contributed by atoms with Gasteiger partial charge in [0.1, 0.15) is 16.6 Å². The number of hydrogen-bond donors (Lipinski definition) is 0. The molecule has 3 aromatic heterocycles. The van der Waals surface area contributed by atoms with E-state index in [9.17, 15) is 0 Å². The van der Waals surface area contributed by atoms with Gasteiger partial charge in [-0.15, -0.1) is 0 Å². The summed E-state index contributed by atoms with van der Waals surface area (Å²) in [6.45, 7) is 17.5. The first kappa shape index (κ1) is 34.4. The van der Waals surface area contributed by atoms with Gasteiger partial charge in [-0.3, -0.25) is 0 Å². The van der Waals surface area contributed by atoms with Gasteiger partial charge in [0.25, 0.3) is 0 Å². The summed E-state index contributed by atoms with van der Waals surface area (Å²) in [6.07, 6.45) is 10.0. The van der Waals surface area contributed by atoms with Crippen LogP contribution in [0, 0.1) is 0 Å². The average Bonchev–Trinajstić information content (AvgIpc) is 3.91. The van der Waals surface area contributed by atoms with Crippen molar-refractivity contribution in [2.45, 2.75) is 85.5 Å². The Morgan fingerprint density at radius 2 is 0.896 bits per heavy atom. The Hall–Kier alpha value is -4.97. The van der Waals surface area contributed by atoms with E-state index in [0.717, 1.165) is 39.7 Å². The third-order valence-corrected chi connectivity index (χ3v) is 8.54. The zero-order chi connectivity index (χ0) is 34.2. The van der Waals surface area contributed by atoms with Crippen LogP contribution in [0.15, 0.2) is 111 Å². The molecule has 8 rings (SSSR count). The van der Waals surface area contributed by atoms with Crippen LogP contribution in [0.25, 0.3) is 39.4 Å². The lowest BCUT2D eigenvalue weighted by Gasteiger charge is -2.07. The molecule has 0 atom stereocenters. The molecular weight excluding hydrogens is 594 g/mol. The topological polar surface area (TPSA) is 78.1 Å². The van der Waals surface area contributed by atoms with Crippen LogP contribution in [0.3, 0.4) is 0 Å². The Morgan fingerprint density at radius 3 is 1.44 bits per heavy atom. The molecule has 0 saturated carbocycles. The predicted octanol–water partition coefficient (Wildman–Crippen LogP) is 12.2. The summed E-state index contributed by atoms with van der Waals surface area (Å²) in [4.78, 5) is 12.2. The summed E-state index contributed by atoms with van der Waals surface area (Å²) in [5.41, 5.74) is 13.6. The lowest BCUT2D eigenvalue weighted by atomic mass is 9.99. The molecule has 0 amide bonds. The van der Waals surface area contributed by atoms with Crippen LogP contribution >= 0.6 is 0 Å². The number of oxazole rings is 3. The van der Waals surface area contributed by atoms with E-state index in [4.69, 9.17) is 13.3 Å². The van der Waals surface area contributed by atoms with Gasteiger partial charge in [-0.05, 0) is 99.9 Å². The summed E-state index contributed by atoms with van der Waals surface area (Å²) in [7, 11) is 0. The van der Waals surface area contributed by atoms with E-state index in [-0.39, 0.29) is 0 Å². The van der Waals surface area contributed by atoms with Crippen LogP contribution < -0.4 is 0 Å². The van der Waals surface area contributed by atoms with Gasteiger partial charge in [0.05, 0.1) is 0 Å². The van der Waals surface area contributed by atoms with Crippen molar-refractivity contribution in [3.05, 3.63) is 131 Å². The van der Waals surface area contributed by atoms with Gasteiger partial charge in [0, 0.05) is 0 Å². The first-order valence-electron chi connectivity index (χ1n) is 16.9. The lowest BCUT2D eigenvalue weighted by molar-refractivity contribution is 0.601. The molecule has 6 nitrogen and oxygen atoms in total. The summed E-state index contributed by atoms with van der Waals surface area (Å²) < 4.78 is 15.5. The Labute approximate surface area is 283 Å². The van der Waals surface area contributed by atoms with E-state index in [2.05, 4.69) is 125 Å². The second-order valence-electron chi connectivity index (χ2n) is 13.4. The smallest absolute Gasteiger partial charge is 0.181 e. The highest BCUT2D eigenvalue weighted by atomic mass is 16.3. The standard InChI is InChI=1S/C12H14.3C10H11NO/c1-9(2)11-7-6-10-4-3-5-12(10)8-11;1-7(2)8-3-4-10-9(5-8)11-6-12-10;2*1-7(2)8-3-4-9-10(5-8)12-6-11-9/h3,5-9H,4H2,1-2H3;3*3-7H,1-2H3. The highest BCUT2D eigenvalue weighted by Crippen LogP contribution is 2.25. The highest BCUT2D eigenvalue weighted by Gasteiger charge is 2.07. The predicted molar refractivity (Wildman–Crippen MR) is 198 cm³/mol. The van der Waals surface area contributed by atoms with Gasteiger partial charge in [-0.2, -0.15) is 0 Å². The van der Waals surface area contributed by atoms with Crippen molar-refractivity contribution >= 4 is 39.4 Å². The molecule has 0 bridgehead atoms. The Balaban J connectivity index is 0.000000125. The summed E-state index contributed by atoms with van der Waals surface area (Å²) in [6, 6.07) is 25.2. The van der Waals surface area contributed by atoms with Crippen molar-refractivity contribution in [2.24, 2.45) is 0 Å². The van der Waals surface area contributed by atoms with Crippen molar-refractivity contribution in [2.75, 3.05) is 0 Å². The van der Waals surface area contributed by atoms with Crippen molar-refractivity contribution in [1.29, 1.82) is 0 Å². The Bertz CT molecular complexity index is 1910. The second-order valence-corrected chi connectivity index (χ2v) is 13.4. The van der Waals surface area contributed by atoms with Crippen LogP contribution in [-0.2, 0) is 6.42 Å². The highest BCUT2D eigenvalue weighted by molar-refractivity contribution is 5.74. The SMILES string of the molecule is CC(C)c1ccc2c(c1)C=CC2.CC(C)c1ccc2ncoc2c1.CC(C)c1ccc2ncoc2c1.CC(C)c1ccc2ocnc2c1. The van der Waals surface area contributed by atoms with E-state index in [0.29, 0.717) is 23.7 Å². The van der Waals surface area contributed by atoms with Gasteiger partial charge in [0.15, 0.2) is 35.9 Å². The van der Waals surface area contributed by atoms with E-state index in [1.807, 2.05) is 30.3 Å². The fourth-order valence-corrected chi connectivity index (χ4v) is 5.32. The Morgan fingerprint density at radius 1 is 0.458 bits per heavy atom. The van der Waals surface area contributed by atoms with Crippen LogP contribution in [0.5, 0.6) is 0 Å². The van der Waals surface area contributed by atoms with E-state index in [1.54, 1.807) is 0 Å². The van der Waals surface area contributed by atoms with Crippen LogP contribution in [0.2, 0.25) is 0 Å².